The highest BCUT2D eigenvalue weighted by Gasteiger charge is 2.56. The molecule has 136 valence electrons. The molecule has 1 fully saturated rings. The predicted molar refractivity (Wildman–Crippen MR) is 81.9 cm³/mol. The molecule has 1 atom stereocenters. The first-order valence-electron chi connectivity index (χ1n) is 8.04. The van der Waals surface area contributed by atoms with Gasteiger partial charge in [-0.3, -0.25) is 4.79 Å². The van der Waals surface area contributed by atoms with Crippen LogP contribution in [0.5, 0.6) is 0 Å². The molecule has 9 heteroatoms. The number of carbonyl (C=O) groups excluding carboxylic acids is 4. The number of rotatable bonds is 5. The highest BCUT2D eigenvalue weighted by molar-refractivity contribution is 6.11. The van der Waals surface area contributed by atoms with Crippen LogP contribution in [0.2, 0.25) is 0 Å². The van der Waals surface area contributed by atoms with Crippen molar-refractivity contribution in [2.75, 3.05) is 19.8 Å². The van der Waals surface area contributed by atoms with Gasteiger partial charge in [0.2, 0.25) is 5.54 Å². The van der Waals surface area contributed by atoms with E-state index in [0.29, 0.717) is 17.9 Å². The second-order valence-electron chi connectivity index (χ2n) is 5.08. The maximum atomic E-state index is 12.6. The van der Waals surface area contributed by atoms with Crippen molar-refractivity contribution in [3.05, 3.63) is 0 Å². The molecule has 0 radical (unpaired) electrons. The van der Waals surface area contributed by atoms with Crippen LogP contribution in [-0.4, -0.2) is 54.3 Å². The number of ether oxygens (including phenoxy) is 3. The minimum Gasteiger partial charge on any atom is -0.464 e. The Morgan fingerprint density at radius 1 is 1.04 bits per heavy atom. The molecule has 1 N–H and O–H groups in total. The molecule has 1 aliphatic carbocycles. The molecule has 0 bridgehead atoms. The van der Waals surface area contributed by atoms with E-state index in [4.69, 9.17) is 14.2 Å². The van der Waals surface area contributed by atoms with Gasteiger partial charge in [0, 0.05) is 6.42 Å². The van der Waals surface area contributed by atoms with Gasteiger partial charge in [0.1, 0.15) is 0 Å². The molecule has 0 aromatic carbocycles. The smallest absolute Gasteiger partial charge is 0.430 e. The third kappa shape index (κ3) is 4.15. The molecular formula is C15H24N2O7. The lowest BCUT2D eigenvalue weighted by molar-refractivity contribution is -0.166. The molecule has 0 heterocycles. The summed E-state index contributed by atoms with van der Waals surface area (Å²) in [4.78, 5) is 49.2. The number of Topliss-reactive ketones (excluding diaryl/α,β-unsaturated/α-hetero) is 1. The molecule has 0 aromatic rings. The quantitative estimate of drug-likeness (QED) is 0.348. The fraction of sp³-hybridized carbons (Fsp3) is 0.733. The number of hydrogen-bond acceptors (Lipinski definition) is 7. The Kier molecular flexibility index (Phi) is 7.47. The number of ketones is 1. The first-order valence-corrected chi connectivity index (χ1v) is 8.04. The zero-order valence-electron chi connectivity index (χ0n) is 14.3. The minimum absolute atomic E-state index is 0.00688. The maximum Gasteiger partial charge on any atom is 0.430 e. The van der Waals surface area contributed by atoms with Crippen molar-refractivity contribution in [3.8, 4) is 0 Å². The van der Waals surface area contributed by atoms with Crippen molar-refractivity contribution in [2.45, 2.75) is 52.0 Å². The second kappa shape index (κ2) is 9.09. The molecule has 24 heavy (non-hydrogen) atoms. The van der Waals surface area contributed by atoms with Crippen molar-refractivity contribution in [1.82, 2.24) is 10.4 Å². The third-order valence-corrected chi connectivity index (χ3v) is 3.58. The van der Waals surface area contributed by atoms with Crippen molar-refractivity contribution in [1.29, 1.82) is 0 Å². The largest absolute Gasteiger partial charge is 0.464 e. The molecule has 1 aliphatic rings. The second-order valence-corrected chi connectivity index (χ2v) is 5.08. The first-order chi connectivity index (χ1) is 11.4. The average molecular weight is 344 g/mol. The van der Waals surface area contributed by atoms with Crippen molar-refractivity contribution in [3.63, 3.8) is 0 Å². The van der Waals surface area contributed by atoms with Crippen LogP contribution in [0.25, 0.3) is 0 Å². The summed E-state index contributed by atoms with van der Waals surface area (Å²) in [5.41, 5.74) is 0.222. The Balaban J connectivity index is 3.27. The molecule has 0 spiro atoms. The standard InChI is InChI=1S/C15H24N2O7/c1-4-22-12(19)15(10-8-7-9-11(15)18)17(14(21)24-6-3)16-13(20)23-5-2/h4-10H2,1-3H3,(H,16,20). The topological polar surface area (TPSA) is 111 Å². The number of carbonyl (C=O) groups is 4. The van der Waals surface area contributed by atoms with Crippen LogP contribution < -0.4 is 5.43 Å². The molecule has 2 amide bonds. The first kappa shape index (κ1) is 19.7. The number of hydrogen-bond donors (Lipinski definition) is 1. The highest BCUT2D eigenvalue weighted by atomic mass is 16.6. The third-order valence-electron chi connectivity index (χ3n) is 3.58. The van der Waals surface area contributed by atoms with Gasteiger partial charge in [-0.2, -0.15) is 5.01 Å². The van der Waals surface area contributed by atoms with Crippen molar-refractivity contribution >= 4 is 23.9 Å². The van der Waals surface area contributed by atoms with E-state index in [-0.39, 0.29) is 32.7 Å². The Morgan fingerprint density at radius 2 is 1.67 bits per heavy atom. The molecular weight excluding hydrogens is 320 g/mol. The van der Waals surface area contributed by atoms with Crippen LogP contribution in [0, 0.1) is 0 Å². The van der Waals surface area contributed by atoms with E-state index in [0.717, 1.165) is 0 Å². The molecule has 1 rings (SSSR count). The zero-order valence-corrected chi connectivity index (χ0v) is 14.3. The molecule has 1 unspecified atom stereocenters. The summed E-state index contributed by atoms with van der Waals surface area (Å²) in [6, 6.07) is 0. The molecule has 0 aromatic heterocycles. The highest BCUT2D eigenvalue weighted by Crippen LogP contribution is 2.32. The van der Waals surface area contributed by atoms with Gasteiger partial charge in [0.15, 0.2) is 5.78 Å². The zero-order chi connectivity index (χ0) is 18.2. The Hall–Kier alpha value is -2.32. The summed E-state index contributed by atoms with van der Waals surface area (Å²) in [5.74, 6) is -1.39. The van der Waals surface area contributed by atoms with E-state index in [1.807, 2.05) is 0 Å². The summed E-state index contributed by atoms with van der Waals surface area (Å²) < 4.78 is 14.6. The monoisotopic (exact) mass is 344 g/mol. The van der Waals surface area contributed by atoms with Crippen LogP contribution in [0.3, 0.4) is 0 Å². The van der Waals surface area contributed by atoms with Crippen LogP contribution in [0.1, 0.15) is 46.5 Å². The molecule has 0 aliphatic heterocycles. The van der Waals surface area contributed by atoms with Gasteiger partial charge in [-0.25, -0.2) is 19.8 Å². The van der Waals surface area contributed by atoms with Crippen molar-refractivity contribution in [2.24, 2.45) is 0 Å². The van der Waals surface area contributed by atoms with E-state index in [1.165, 1.54) is 0 Å². The number of esters is 1. The fourth-order valence-corrected chi connectivity index (χ4v) is 2.55. The molecule has 9 nitrogen and oxygen atoms in total. The number of hydrazine groups is 1. The number of nitrogens with one attached hydrogen (secondary N) is 1. The van der Waals surface area contributed by atoms with E-state index < -0.39 is 29.5 Å². The maximum absolute atomic E-state index is 12.6. The lowest BCUT2D eigenvalue weighted by Gasteiger charge is -2.40. The van der Waals surface area contributed by atoms with E-state index >= 15 is 0 Å². The summed E-state index contributed by atoms with van der Waals surface area (Å²) in [6.45, 7) is 4.84. The molecule has 0 saturated heterocycles. The summed E-state index contributed by atoms with van der Waals surface area (Å²) in [6.07, 6.45) is -0.739. The van der Waals surface area contributed by atoms with Crippen LogP contribution in [0.15, 0.2) is 0 Å². The number of nitrogens with zero attached hydrogens (tertiary/aromatic N) is 1. The summed E-state index contributed by atoms with van der Waals surface area (Å²) in [7, 11) is 0. The van der Waals surface area contributed by atoms with Gasteiger partial charge in [-0.05, 0) is 40.0 Å². The molecule has 1 saturated carbocycles. The predicted octanol–water partition coefficient (Wildman–Crippen LogP) is 1.55. The average Bonchev–Trinajstić information content (AvgIpc) is 2.54. The summed E-state index contributed by atoms with van der Waals surface area (Å²) >= 11 is 0. The van der Waals surface area contributed by atoms with Gasteiger partial charge in [0.25, 0.3) is 0 Å². The SMILES string of the molecule is CCOC(=O)NN(C(=O)OCC)C1(C(=O)OCC)CCCCC1=O. The fourth-order valence-electron chi connectivity index (χ4n) is 2.55. The van der Waals surface area contributed by atoms with Crippen LogP contribution >= 0.6 is 0 Å². The summed E-state index contributed by atoms with van der Waals surface area (Å²) in [5, 5.41) is 0.619. The minimum atomic E-state index is -1.94. The lowest BCUT2D eigenvalue weighted by Crippen LogP contribution is -2.68. The van der Waals surface area contributed by atoms with E-state index in [9.17, 15) is 19.2 Å². The Labute approximate surface area is 140 Å². The van der Waals surface area contributed by atoms with Gasteiger partial charge in [0.05, 0.1) is 19.8 Å². The van der Waals surface area contributed by atoms with Crippen LogP contribution in [-0.2, 0) is 23.8 Å². The Bertz CT molecular complexity index is 494. The van der Waals surface area contributed by atoms with Gasteiger partial charge >= 0.3 is 18.2 Å². The van der Waals surface area contributed by atoms with E-state index in [2.05, 4.69) is 5.43 Å². The number of amides is 2. The van der Waals surface area contributed by atoms with Crippen molar-refractivity contribution < 1.29 is 33.4 Å². The van der Waals surface area contributed by atoms with Crippen LogP contribution in [0.4, 0.5) is 9.59 Å². The normalized spacial score (nSPS) is 20.0. The van der Waals surface area contributed by atoms with E-state index in [1.54, 1.807) is 20.8 Å². The van der Waals surface area contributed by atoms with Gasteiger partial charge in [-0.15, -0.1) is 0 Å². The van der Waals surface area contributed by atoms with Gasteiger partial charge < -0.3 is 14.2 Å². The van der Waals surface area contributed by atoms with Gasteiger partial charge in [-0.1, -0.05) is 0 Å². The lowest BCUT2D eigenvalue weighted by atomic mass is 9.80. The Morgan fingerprint density at radius 3 is 2.21 bits per heavy atom.